The molecule has 4 N–H and O–H groups in total. The molecule has 0 radical (unpaired) electrons. The van der Waals surface area contributed by atoms with E-state index in [0.29, 0.717) is 25.2 Å². The zero-order chi connectivity index (χ0) is 15.8. The maximum atomic E-state index is 11.9. The number of pyridine rings is 1. The Bertz CT molecular complexity index is 606. The number of amides is 1. The summed E-state index contributed by atoms with van der Waals surface area (Å²) in [4.78, 5) is 20.4. The molecule has 0 fully saturated rings. The van der Waals surface area contributed by atoms with E-state index in [1.165, 1.54) is 11.3 Å². The van der Waals surface area contributed by atoms with Gasteiger partial charge in [-0.25, -0.2) is 9.97 Å². The summed E-state index contributed by atoms with van der Waals surface area (Å²) in [7, 11) is 0. The van der Waals surface area contributed by atoms with Gasteiger partial charge in [0.25, 0.3) is 5.91 Å². The number of aromatic nitrogens is 2. The van der Waals surface area contributed by atoms with Gasteiger partial charge >= 0.3 is 0 Å². The average Bonchev–Trinajstić information content (AvgIpc) is 2.98. The van der Waals surface area contributed by atoms with Gasteiger partial charge in [-0.05, 0) is 31.5 Å². The van der Waals surface area contributed by atoms with Gasteiger partial charge < -0.3 is 16.4 Å². The number of halogens is 2. The van der Waals surface area contributed by atoms with Crippen molar-refractivity contribution in [3.05, 3.63) is 40.0 Å². The van der Waals surface area contributed by atoms with Crippen LogP contribution in [0.2, 0.25) is 0 Å². The first-order chi connectivity index (χ1) is 10.7. The Morgan fingerprint density at radius 3 is 2.75 bits per heavy atom. The van der Waals surface area contributed by atoms with Gasteiger partial charge in [0, 0.05) is 31.1 Å². The van der Waals surface area contributed by atoms with Gasteiger partial charge in [-0.15, -0.1) is 36.2 Å². The largest absolute Gasteiger partial charge is 0.370 e. The third-order valence-electron chi connectivity index (χ3n) is 3.00. The minimum atomic E-state index is -0.131. The van der Waals surface area contributed by atoms with E-state index in [9.17, 15) is 4.79 Å². The van der Waals surface area contributed by atoms with Crippen molar-refractivity contribution in [2.75, 3.05) is 25.0 Å². The molecule has 0 saturated heterocycles. The predicted molar refractivity (Wildman–Crippen MR) is 104 cm³/mol. The molecule has 0 bridgehead atoms. The molecule has 0 aliphatic rings. The van der Waals surface area contributed by atoms with Gasteiger partial charge in [0.15, 0.2) is 0 Å². The number of hydrogen-bond acceptors (Lipinski definition) is 6. The first kappa shape index (κ1) is 22.6. The fourth-order valence-corrected chi connectivity index (χ4v) is 2.62. The molecular formula is C15H23Cl2N5OS. The van der Waals surface area contributed by atoms with Crippen molar-refractivity contribution in [2.45, 2.75) is 19.8 Å². The molecule has 0 atom stereocenters. The number of nitrogens with zero attached hydrogens (tertiary/aromatic N) is 2. The second-order valence-corrected chi connectivity index (χ2v) is 5.86. The highest BCUT2D eigenvalue weighted by atomic mass is 35.5. The predicted octanol–water partition coefficient (Wildman–Crippen LogP) is 2.42. The highest BCUT2D eigenvalue weighted by Gasteiger charge is 2.09. The van der Waals surface area contributed by atoms with Crippen LogP contribution < -0.4 is 16.4 Å². The standard InChI is InChI=1S/C15H21N5OS.2ClH/c1-11-3-4-13(19-9-11)17-7-2-8-18-15(21)12-10-22-14(20-12)5-6-16;;/h3-4,9-10H,2,5-8,16H2,1H3,(H,17,19)(H,18,21);2*1H. The number of anilines is 1. The van der Waals surface area contributed by atoms with Crippen molar-refractivity contribution >= 4 is 47.9 Å². The van der Waals surface area contributed by atoms with E-state index in [4.69, 9.17) is 5.73 Å². The zero-order valence-corrected chi connectivity index (χ0v) is 15.9. The van der Waals surface area contributed by atoms with Crippen LogP contribution in [0, 0.1) is 6.92 Å². The lowest BCUT2D eigenvalue weighted by atomic mass is 10.3. The van der Waals surface area contributed by atoms with Crippen molar-refractivity contribution < 1.29 is 4.79 Å². The van der Waals surface area contributed by atoms with Crippen LogP contribution in [0.5, 0.6) is 0 Å². The fourth-order valence-electron chi connectivity index (χ4n) is 1.82. The molecule has 2 rings (SSSR count). The van der Waals surface area contributed by atoms with Crippen molar-refractivity contribution in [2.24, 2.45) is 5.73 Å². The van der Waals surface area contributed by atoms with Crippen LogP contribution in [0.4, 0.5) is 5.82 Å². The molecule has 6 nitrogen and oxygen atoms in total. The summed E-state index contributed by atoms with van der Waals surface area (Å²) in [6, 6.07) is 3.96. The van der Waals surface area contributed by atoms with Crippen LogP contribution in [0.1, 0.15) is 27.5 Å². The minimum Gasteiger partial charge on any atom is -0.370 e. The molecule has 0 aliphatic carbocycles. The first-order valence-electron chi connectivity index (χ1n) is 7.28. The molecule has 0 aromatic carbocycles. The van der Waals surface area contributed by atoms with E-state index < -0.39 is 0 Å². The highest BCUT2D eigenvalue weighted by molar-refractivity contribution is 7.09. The van der Waals surface area contributed by atoms with Gasteiger partial charge in [-0.1, -0.05) is 6.07 Å². The summed E-state index contributed by atoms with van der Waals surface area (Å²) in [6.45, 7) is 3.91. The Hall–Kier alpha value is -1.41. The van der Waals surface area contributed by atoms with E-state index in [1.54, 1.807) is 5.38 Å². The molecule has 0 spiro atoms. The lowest BCUT2D eigenvalue weighted by Crippen LogP contribution is -2.26. The van der Waals surface area contributed by atoms with Gasteiger partial charge in [0.1, 0.15) is 11.5 Å². The number of carbonyl (C=O) groups excluding carboxylic acids is 1. The minimum absolute atomic E-state index is 0. The smallest absolute Gasteiger partial charge is 0.270 e. The van der Waals surface area contributed by atoms with Crippen LogP contribution in [0.25, 0.3) is 0 Å². The SMILES string of the molecule is Cc1ccc(NCCCNC(=O)c2csc(CCN)n2)nc1.Cl.Cl. The number of rotatable bonds is 8. The van der Waals surface area contributed by atoms with Gasteiger partial charge in [-0.2, -0.15) is 0 Å². The van der Waals surface area contributed by atoms with Crippen LogP contribution in [-0.4, -0.2) is 35.5 Å². The second-order valence-electron chi connectivity index (χ2n) is 4.92. The van der Waals surface area contributed by atoms with E-state index in [0.717, 1.165) is 29.4 Å². The molecule has 0 saturated carbocycles. The van der Waals surface area contributed by atoms with Crippen LogP contribution in [0.15, 0.2) is 23.7 Å². The summed E-state index contributed by atoms with van der Waals surface area (Å²) in [6.07, 6.45) is 3.36. The Morgan fingerprint density at radius 2 is 2.08 bits per heavy atom. The molecule has 1 amide bonds. The second kappa shape index (κ2) is 12.0. The Labute approximate surface area is 158 Å². The molecule has 0 aliphatic heterocycles. The summed E-state index contributed by atoms with van der Waals surface area (Å²) >= 11 is 1.47. The lowest BCUT2D eigenvalue weighted by molar-refractivity contribution is 0.0949. The number of aryl methyl sites for hydroxylation is 1. The quantitative estimate of drug-likeness (QED) is 0.600. The number of nitrogens with two attached hydrogens (primary N) is 1. The normalized spacial score (nSPS) is 9.58. The molecule has 2 aromatic heterocycles. The molecule has 0 unspecified atom stereocenters. The average molecular weight is 392 g/mol. The molecule has 9 heteroatoms. The maximum Gasteiger partial charge on any atom is 0.270 e. The van der Waals surface area contributed by atoms with Crippen molar-refractivity contribution in [3.8, 4) is 0 Å². The third-order valence-corrected chi connectivity index (χ3v) is 3.91. The maximum absolute atomic E-state index is 11.9. The van der Waals surface area contributed by atoms with Crippen molar-refractivity contribution in [1.82, 2.24) is 15.3 Å². The fraction of sp³-hybridized carbons (Fsp3) is 0.400. The van der Waals surface area contributed by atoms with E-state index in [1.807, 2.05) is 25.3 Å². The number of thiazole rings is 1. The van der Waals surface area contributed by atoms with Crippen LogP contribution in [-0.2, 0) is 6.42 Å². The summed E-state index contributed by atoms with van der Waals surface area (Å²) in [5.74, 6) is 0.718. The number of carbonyl (C=O) groups is 1. The molecule has 2 aromatic rings. The van der Waals surface area contributed by atoms with Gasteiger partial charge in [-0.3, -0.25) is 4.79 Å². The third kappa shape index (κ3) is 7.44. The van der Waals surface area contributed by atoms with E-state index in [-0.39, 0.29) is 30.7 Å². The lowest BCUT2D eigenvalue weighted by Gasteiger charge is -2.06. The Kier molecular flexibility index (Phi) is 11.3. The summed E-state index contributed by atoms with van der Waals surface area (Å²) < 4.78 is 0. The van der Waals surface area contributed by atoms with Crippen LogP contribution in [0.3, 0.4) is 0 Å². The number of nitrogens with one attached hydrogen (secondary N) is 2. The van der Waals surface area contributed by atoms with Crippen molar-refractivity contribution in [1.29, 1.82) is 0 Å². The summed E-state index contributed by atoms with van der Waals surface area (Å²) in [5, 5.41) is 8.75. The van der Waals surface area contributed by atoms with Crippen molar-refractivity contribution in [3.63, 3.8) is 0 Å². The number of hydrogen-bond donors (Lipinski definition) is 3. The van der Waals surface area contributed by atoms with Gasteiger partial charge in [0.2, 0.25) is 0 Å². The molecular weight excluding hydrogens is 369 g/mol. The molecule has 134 valence electrons. The monoisotopic (exact) mass is 391 g/mol. The highest BCUT2D eigenvalue weighted by Crippen LogP contribution is 2.09. The molecule has 24 heavy (non-hydrogen) atoms. The zero-order valence-electron chi connectivity index (χ0n) is 13.4. The van der Waals surface area contributed by atoms with Gasteiger partial charge in [0.05, 0.1) is 5.01 Å². The Balaban J connectivity index is 0.00000264. The molecule has 2 heterocycles. The first-order valence-corrected chi connectivity index (χ1v) is 8.16. The van der Waals surface area contributed by atoms with E-state index in [2.05, 4.69) is 20.6 Å². The van der Waals surface area contributed by atoms with E-state index >= 15 is 0 Å². The summed E-state index contributed by atoms with van der Waals surface area (Å²) in [5.41, 5.74) is 7.08. The van der Waals surface area contributed by atoms with Crippen LogP contribution >= 0.6 is 36.2 Å². The Morgan fingerprint density at radius 1 is 1.29 bits per heavy atom. The topological polar surface area (TPSA) is 92.9 Å².